The lowest BCUT2D eigenvalue weighted by molar-refractivity contribution is -0.153. The number of rotatable bonds is 7. The van der Waals surface area contributed by atoms with Gasteiger partial charge in [-0.05, 0) is 25.8 Å². The van der Waals surface area contributed by atoms with Crippen LogP contribution in [-0.2, 0) is 19.0 Å². The van der Waals surface area contributed by atoms with Gasteiger partial charge in [-0.25, -0.2) is 0 Å². The summed E-state index contributed by atoms with van der Waals surface area (Å²) in [6, 6.07) is 0. The molecule has 5 heteroatoms. The number of hydrogen-bond acceptors (Lipinski definition) is 5. The van der Waals surface area contributed by atoms with Gasteiger partial charge in [-0.1, -0.05) is 6.92 Å². The fraction of sp³-hybridized carbons (Fsp3) is 0.923. The molecule has 2 atom stereocenters. The van der Waals surface area contributed by atoms with Crippen LogP contribution in [0.4, 0.5) is 0 Å². The summed E-state index contributed by atoms with van der Waals surface area (Å²) >= 11 is 0. The van der Waals surface area contributed by atoms with Crippen LogP contribution in [0.2, 0.25) is 0 Å². The van der Waals surface area contributed by atoms with Crippen LogP contribution in [0, 0.1) is 0 Å². The van der Waals surface area contributed by atoms with E-state index < -0.39 is 5.54 Å². The number of hydrogen-bond donors (Lipinski definition) is 1. The van der Waals surface area contributed by atoms with Crippen LogP contribution in [0.5, 0.6) is 0 Å². The molecule has 0 aromatic heterocycles. The van der Waals surface area contributed by atoms with E-state index in [0.717, 1.165) is 25.8 Å². The Bertz CT molecular complexity index is 255. The summed E-state index contributed by atoms with van der Waals surface area (Å²) in [6.45, 7) is 3.91. The SMILES string of the molecule is CCNC1(C(=O)OC)CCCC(OCCOC)C1. The van der Waals surface area contributed by atoms with E-state index >= 15 is 0 Å². The number of carbonyl (C=O) groups excluding carboxylic acids is 1. The summed E-state index contributed by atoms with van der Waals surface area (Å²) in [7, 11) is 3.10. The minimum Gasteiger partial charge on any atom is -0.468 e. The van der Waals surface area contributed by atoms with Crippen molar-refractivity contribution < 1.29 is 19.0 Å². The minimum absolute atomic E-state index is 0.104. The van der Waals surface area contributed by atoms with Crippen LogP contribution in [0.1, 0.15) is 32.6 Å². The molecular weight excluding hydrogens is 234 g/mol. The van der Waals surface area contributed by atoms with E-state index in [9.17, 15) is 4.79 Å². The standard InChI is InChI=1S/C13H25NO4/c1-4-14-13(12(15)17-3)7-5-6-11(10-13)18-9-8-16-2/h11,14H,4-10H2,1-3H3. The second kappa shape index (κ2) is 7.71. The molecule has 0 radical (unpaired) electrons. The highest BCUT2D eigenvalue weighted by molar-refractivity contribution is 5.81. The number of likely N-dealkylation sites (N-methyl/N-ethyl adjacent to an activating group) is 1. The van der Waals surface area contributed by atoms with Crippen molar-refractivity contribution in [1.29, 1.82) is 0 Å². The van der Waals surface area contributed by atoms with Crippen molar-refractivity contribution in [2.24, 2.45) is 0 Å². The summed E-state index contributed by atoms with van der Waals surface area (Å²) in [5, 5.41) is 3.28. The lowest BCUT2D eigenvalue weighted by Gasteiger charge is -2.39. The molecule has 1 fully saturated rings. The first kappa shape index (κ1) is 15.4. The van der Waals surface area contributed by atoms with E-state index in [0.29, 0.717) is 19.6 Å². The summed E-state index contributed by atoms with van der Waals surface area (Å²) in [6.07, 6.45) is 3.56. The van der Waals surface area contributed by atoms with Gasteiger partial charge in [-0.2, -0.15) is 0 Å². The molecule has 1 N–H and O–H groups in total. The molecule has 0 heterocycles. The van der Waals surface area contributed by atoms with Gasteiger partial charge in [-0.15, -0.1) is 0 Å². The monoisotopic (exact) mass is 259 g/mol. The summed E-state index contributed by atoms with van der Waals surface area (Å²) in [4.78, 5) is 12.0. The highest BCUT2D eigenvalue weighted by Crippen LogP contribution is 2.31. The fourth-order valence-electron chi connectivity index (χ4n) is 2.62. The van der Waals surface area contributed by atoms with E-state index in [1.807, 2.05) is 6.92 Å². The van der Waals surface area contributed by atoms with Crippen molar-refractivity contribution in [3.8, 4) is 0 Å². The molecular formula is C13H25NO4. The van der Waals surface area contributed by atoms with Crippen LogP contribution < -0.4 is 5.32 Å². The predicted molar refractivity (Wildman–Crippen MR) is 68.5 cm³/mol. The molecule has 1 aliphatic carbocycles. The van der Waals surface area contributed by atoms with E-state index in [2.05, 4.69) is 5.32 Å². The molecule has 1 rings (SSSR count). The molecule has 0 saturated heterocycles. The van der Waals surface area contributed by atoms with Crippen molar-refractivity contribution in [2.45, 2.75) is 44.2 Å². The first-order chi connectivity index (χ1) is 8.68. The van der Waals surface area contributed by atoms with Crippen molar-refractivity contribution in [1.82, 2.24) is 5.32 Å². The second-order valence-corrected chi connectivity index (χ2v) is 4.69. The maximum Gasteiger partial charge on any atom is 0.326 e. The average Bonchev–Trinajstić information content (AvgIpc) is 2.39. The smallest absolute Gasteiger partial charge is 0.326 e. The largest absolute Gasteiger partial charge is 0.468 e. The maximum absolute atomic E-state index is 12.0. The summed E-state index contributed by atoms with van der Waals surface area (Å²) < 4.78 is 15.7. The number of methoxy groups -OCH3 is 2. The molecule has 18 heavy (non-hydrogen) atoms. The number of carbonyl (C=O) groups is 1. The number of esters is 1. The Hall–Kier alpha value is -0.650. The molecule has 1 saturated carbocycles. The van der Waals surface area contributed by atoms with Gasteiger partial charge in [0.25, 0.3) is 0 Å². The molecule has 0 aromatic carbocycles. The van der Waals surface area contributed by atoms with Crippen LogP contribution in [-0.4, -0.2) is 51.6 Å². The Morgan fingerprint density at radius 2 is 2.17 bits per heavy atom. The molecule has 0 aromatic rings. The first-order valence-electron chi connectivity index (χ1n) is 6.62. The third-order valence-corrected chi connectivity index (χ3v) is 3.44. The number of nitrogens with one attached hydrogen (secondary N) is 1. The quantitative estimate of drug-likeness (QED) is 0.548. The number of ether oxygens (including phenoxy) is 3. The molecule has 0 amide bonds. The van der Waals surface area contributed by atoms with Gasteiger partial charge >= 0.3 is 5.97 Å². The molecule has 0 spiro atoms. The minimum atomic E-state index is -0.570. The highest BCUT2D eigenvalue weighted by atomic mass is 16.5. The van der Waals surface area contributed by atoms with Gasteiger partial charge in [-0.3, -0.25) is 4.79 Å². The molecule has 0 bridgehead atoms. The van der Waals surface area contributed by atoms with Crippen molar-refractivity contribution in [3.63, 3.8) is 0 Å². The summed E-state index contributed by atoms with van der Waals surface area (Å²) in [5.41, 5.74) is -0.570. The van der Waals surface area contributed by atoms with Crippen molar-refractivity contribution >= 4 is 5.97 Å². The second-order valence-electron chi connectivity index (χ2n) is 4.69. The Labute approximate surface area is 109 Å². The van der Waals surface area contributed by atoms with E-state index in [1.54, 1.807) is 7.11 Å². The summed E-state index contributed by atoms with van der Waals surface area (Å²) in [5.74, 6) is -0.176. The third-order valence-electron chi connectivity index (χ3n) is 3.44. The lowest BCUT2D eigenvalue weighted by atomic mass is 9.80. The molecule has 2 unspecified atom stereocenters. The third kappa shape index (κ3) is 3.93. The van der Waals surface area contributed by atoms with Gasteiger partial charge in [0.15, 0.2) is 0 Å². The molecule has 106 valence electrons. The van der Waals surface area contributed by atoms with Gasteiger partial charge in [0.05, 0.1) is 26.4 Å². The van der Waals surface area contributed by atoms with Gasteiger partial charge in [0.2, 0.25) is 0 Å². The van der Waals surface area contributed by atoms with E-state index in [4.69, 9.17) is 14.2 Å². The van der Waals surface area contributed by atoms with Crippen molar-refractivity contribution in [2.75, 3.05) is 34.0 Å². The molecule has 5 nitrogen and oxygen atoms in total. The molecule has 1 aliphatic rings. The van der Waals surface area contributed by atoms with Crippen LogP contribution in [0.25, 0.3) is 0 Å². The highest BCUT2D eigenvalue weighted by Gasteiger charge is 2.43. The molecule has 0 aliphatic heterocycles. The van der Waals surface area contributed by atoms with Crippen molar-refractivity contribution in [3.05, 3.63) is 0 Å². The topological polar surface area (TPSA) is 56.8 Å². The average molecular weight is 259 g/mol. The van der Waals surface area contributed by atoms with Crippen LogP contribution in [0.3, 0.4) is 0 Å². The van der Waals surface area contributed by atoms with Gasteiger partial charge < -0.3 is 19.5 Å². The van der Waals surface area contributed by atoms with Crippen LogP contribution in [0.15, 0.2) is 0 Å². The van der Waals surface area contributed by atoms with Crippen LogP contribution >= 0.6 is 0 Å². The Morgan fingerprint density at radius 1 is 1.39 bits per heavy atom. The lowest BCUT2D eigenvalue weighted by Crippen LogP contribution is -2.56. The first-order valence-corrected chi connectivity index (χ1v) is 6.62. The predicted octanol–water partition coefficient (Wildman–Crippen LogP) is 1.11. The Morgan fingerprint density at radius 3 is 2.78 bits per heavy atom. The van der Waals surface area contributed by atoms with E-state index in [-0.39, 0.29) is 12.1 Å². The normalized spacial score (nSPS) is 28.1. The van der Waals surface area contributed by atoms with Gasteiger partial charge in [0.1, 0.15) is 5.54 Å². The Kier molecular flexibility index (Phi) is 6.60. The zero-order chi connectivity index (χ0) is 13.4. The zero-order valence-electron chi connectivity index (χ0n) is 11.7. The zero-order valence-corrected chi connectivity index (χ0v) is 11.7. The fourth-order valence-corrected chi connectivity index (χ4v) is 2.62. The Balaban J connectivity index is 2.58. The maximum atomic E-state index is 12.0. The van der Waals surface area contributed by atoms with Gasteiger partial charge in [0, 0.05) is 13.5 Å². The van der Waals surface area contributed by atoms with E-state index in [1.165, 1.54) is 7.11 Å².